The van der Waals surface area contributed by atoms with Crippen molar-refractivity contribution in [3.63, 3.8) is 0 Å². The average Bonchev–Trinajstić information content (AvgIpc) is 2.97. The van der Waals surface area contributed by atoms with Gasteiger partial charge in [-0.2, -0.15) is 0 Å². The summed E-state index contributed by atoms with van der Waals surface area (Å²) < 4.78 is 0. The average molecular weight is 219 g/mol. The minimum absolute atomic E-state index is 0.114. The normalized spacial score (nSPS) is 16.9. The van der Waals surface area contributed by atoms with Crippen LogP contribution in [-0.4, -0.2) is 10.7 Å². The number of nitrogens with zero attached hydrogens (tertiary/aromatic N) is 1. The van der Waals surface area contributed by atoms with Crippen LogP contribution in [0.3, 0.4) is 0 Å². The lowest BCUT2D eigenvalue weighted by atomic mass is 9.91. The van der Waals surface area contributed by atoms with Crippen molar-refractivity contribution >= 4 is 11.5 Å². The Balaban J connectivity index is 2.43. The molecule has 0 heterocycles. The molecular formula is C12H13NO3. The first-order valence-electron chi connectivity index (χ1n) is 5.24. The van der Waals surface area contributed by atoms with Gasteiger partial charge in [-0.15, -0.1) is 0 Å². The third-order valence-electron chi connectivity index (χ3n) is 3.37. The van der Waals surface area contributed by atoms with E-state index in [-0.39, 0.29) is 16.9 Å². The predicted octanol–water partition coefficient (Wildman–Crippen LogP) is 2.52. The zero-order valence-electron chi connectivity index (χ0n) is 9.32. The molecule has 1 aliphatic rings. The number of hydrogen-bond acceptors (Lipinski definition) is 3. The first-order chi connectivity index (χ1) is 7.47. The quantitative estimate of drug-likeness (QED) is 0.579. The summed E-state index contributed by atoms with van der Waals surface area (Å²) in [6.07, 6.45) is 1.72. The van der Waals surface area contributed by atoms with E-state index in [2.05, 4.69) is 0 Å². The van der Waals surface area contributed by atoms with Crippen LogP contribution >= 0.6 is 0 Å². The fourth-order valence-corrected chi connectivity index (χ4v) is 2.13. The van der Waals surface area contributed by atoms with Crippen LogP contribution in [0.5, 0.6) is 0 Å². The number of benzene rings is 1. The molecule has 1 saturated carbocycles. The molecule has 1 aromatic rings. The van der Waals surface area contributed by atoms with Crippen molar-refractivity contribution in [2.24, 2.45) is 0 Å². The molecule has 0 aliphatic heterocycles. The highest BCUT2D eigenvalue weighted by molar-refractivity contribution is 5.91. The summed E-state index contributed by atoms with van der Waals surface area (Å²) in [4.78, 5) is 21.8. The third-order valence-corrected chi connectivity index (χ3v) is 3.37. The zero-order valence-corrected chi connectivity index (χ0v) is 9.32. The molecule has 0 amide bonds. The second-order valence-corrected chi connectivity index (χ2v) is 4.40. The first kappa shape index (κ1) is 10.8. The summed E-state index contributed by atoms with van der Waals surface area (Å²) in [5.41, 5.74) is 1.31. The fraction of sp³-hybridized carbons (Fsp3) is 0.417. The Kier molecular flexibility index (Phi) is 2.30. The molecule has 0 bridgehead atoms. The summed E-state index contributed by atoms with van der Waals surface area (Å²) in [7, 11) is 0. The first-order valence-corrected chi connectivity index (χ1v) is 5.24. The number of ketones is 1. The number of nitro benzene ring substituents is 1. The van der Waals surface area contributed by atoms with Crippen molar-refractivity contribution in [3.05, 3.63) is 39.4 Å². The highest BCUT2D eigenvalue weighted by Crippen LogP contribution is 2.49. The molecule has 0 radical (unpaired) electrons. The lowest BCUT2D eigenvalue weighted by Gasteiger charge is -2.12. The Bertz CT molecular complexity index is 475. The van der Waals surface area contributed by atoms with Gasteiger partial charge in [0.05, 0.1) is 10.3 Å². The molecule has 4 heteroatoms. The van der Waals surface area contributed by atoms with Gasteiger partial charge in [-0.3, -0.25) is 14.9 Å². The van der Waals surface area contributed by atoms with Crippen LogP contribution < -0.4 is 0 Å². The Hall–Kier alpha value is -1.71. The van der Waals surface area contributed by atoms with Crippen LogP contribution in [0.2, 0.25) is 0 Å². The van der Waals surface area contributed by atoms with Gasteiger partial charge in [0.25, 0.3) is 5.69 Å². The van der Waals surface area contributed by atoms with Gasteiger partial charge in [0.15, 0.2) is 0 Å². The summed E-state index contributed by atoms with van der Waals surface area (Å²) in [5, 5.41) is 10.7. The molecular weight excluding hydrogens is 206 g/mol. The molecule has 0 spiro atoms. The summed E-state index contributed by atoms with van der Waals surface area (Å²) in [5.74, 6) is 0.153. The molecule has 1 aromatic carbocycles. The molecule has 1 fully saturated rings. The predicted molar refractivity (Wildman–Crippen MR) is 59.4 cm³/mol. The van der Waals surface area contributed by atoms with E-state index in [4.69, 9.17) is 0 Å². The second-order valence-electron chi connectivity index (χ2n) is 4.40. The molecule has 4 nitrogen and oxygen atoms in total. The smallest absolute Gasteiger partial charge is 0.272 e. The van der Waals surface area contributed by atoms with E-state index in [0.717, 1.165) is 18.4 Å². The van der Waals surface area contributed by atoms with Crippen molar-refractivity contribution in [2.45, 2.75) is 32.1 Å². The van der Waals surface area contributed by atoms with Crippen molar-refractivity contribution in [3.8, 4) is 0 Å². The van der Waals surface area contributed by atoms with Crippen molar-refractivity contribution in [1.29, 1.82) is 0 Å². The van der Waals surface area contributed by atoms with E-state index in [1.807, 2.05) is 0 Å². The number of aryl methyl sites for hydroxylation is 1. The van der Waals surface area contributed by atoms with Gasteiger partial charge < -0.3 is 0 Å². The van der Waals surface area contributed by atoms with Gasteiger partial charge in [-0.25, -0.2) is 0 Å². The number of Topliss-reactive ketones (excluding diaryl/α,β-unsaturated/α-hetero) is 1. The molecule has 0 N–H and O–H groups in total. The van der Waals surface area contributed by atoms with Gasteiger partial charge in [-0.05, 0) is 38.3 Å². The molecule has 1 aliphatic carbocycles. The lowest BCUT2D eigenvalue weighted by molar-refractivity contribution is -0.385. The number of hydrogen-bond donors (Lipinski definition) is 0. The minimum atomic E-state index is -0.396. The van der Waals surface area contributed by atoms with E-state index < -0.39 is 4.92 Å². The molecule has 84 valence electrons. The maximum absolute atomic E-state index is 11.5. The van der Waals surface area contributed by atoms with Crippen LogP contribution in [-0.2, 0) is 10.2 Å². The van der Waals surface area contributed by atoms with Crippen LogP contribution in [0, 0.1) is 17.0 Å². The number of carbonyl (C=O) groups is 1. The highest BCUT2D eigenvalue weighted by Gasteiger charge is 2.48. The van der Waals surface area contributed by atoms with E-state index in [0.29, 0.717) is 5.56 Å². The maximum Gasteiger partial charge on any atom is 0.272 e. The van der Waals surface area contributed by atoms with Crippen molar-refractivity contribution < 1.29 is 9.72 Å². The number of rotatable bonds is 3. The number of carbonyl (C=O) groups excluding carboxylic acids is 1. The molecule has 0 aromatic heterocycles. The van der Waals surface area contributed by atoms with Gasteiger partial charge in [-0.1, -0.05) is 6.07 Å². The SMILES string of the molecule is CC(=O)C1(c2ccc([N+](=O)[O-])c(C)c2)CC1. The molecule has 0 saturated heterocycles. The summed E-state index contributed by atoms with van der Waals surface area (Å²) >= 11 is 0. The molecule has 0 unspecified atom stereocenters. The van der Waals surface area contributed by atoms with E-state index in [1.165, 1.54) is 6.07 Å². The standard InChI is InChI=1S/C12H13NO3/c1-8-7-10(3-4-11(8)13(15)16)12(5-6-12)9(2)14/h3-4,7H,5-6H2,1-2H3. The summed E-state index contributed by atoms with van der Waals surface area (Å²) in [6.45, 7) is 3.29. The highest BCUT2D eigenvalue weighted by atomic mass is 16.6. The topological polar surface area (TPSA) is 60.2 Å². The largest absolute Gasteiger partial charge is 0.299 e. The Labute approximate surface area is 93.4 Å². The van der Waals surface area contributed by atoms with Crippen LogP contribution in [0.15, 0.2) is 18.2 Å². The third kappa shape index (κ3) is 1.50. The van der Waals surface area contributed by atoms with E-state index in [1.54, 1.807) is 26.0 Å². The van der Waals surface area contributed by atoms with Gasteiger partial charge in [0.1, 0.15) is 5.78 Å². The Morgan fingerprint density at radius 2 is 2.06 bits per heavy atom. The molecule has 2 rings (SSSR count). The zero-order chi connectivity index (χ0) is 11.9. The van der Waals surface area contributed by atoms with Crippen LogP contribution in [0.1, 0.15) is 30.9 Å². The van der Waals surface area contributed by atoms with Crippen LogP contribution in [0.4, 0.5) is 5.69 Å². The molecule has 16 heavy (non-hydrogen) atoms. The fourth-order valence-electron chi connectivity index (χ4n) is 2.13. The van der Waals surface area contributed by atoms with E-state index in [9.17, 15) is 14.9 Å². The summed E-state index contributed by atoms with van der Waals surface area (Å²) in [6, 6.07) is 4.97. The lowest BCUT2D eigenvalue weighted by Crippen LogP contribution is -2.17. The van der Waals surface area contributed by atoms with Crippen molar-refractivity contribution in [2.75, 3.05) is 0 Å². The van der Waals surface area contributed by atoms with Gasteiger partial charge >= 0.3 is 0 Å². The maximum atomic E-state index is 11.5. The van der Waals surface area contributed by atoms with E-state index >= 15 is 0 Å². The monoisotopic (exact) mass is 219 g/mol. The van der Waals surface area contributed by atoms with Crippen molar-refractivity contribution in [1.82, 2.24) is 0 Å². The minimum Gasteiger partial charge on any atom is -0.299 e. The Morgan fingerprint density at radius 3 is 2.44 bits per heavy atom. The molecule has 0 atom stereocenters. The number of nitro groups is 1. The van der Waals surface area contributed by atoms with Gasteiger partial charge in [0, 0.05) is 11.6 Å². The van der Waals surface area contributed by atoms with Gasteiger partial charge in [0.2, 0.25) is 0 Å². The second kappa shape index (κ2) is 3.40. The van der Waals surface area contributed by atoms with Crippen LogP contribution in [0.25, 0.3) is 0 Å². The Morgan fingerprint density at radius 1 is 1.44 bits per heavy atom.